The van der Waals surface area contributed by atoms with Gasteiger partial charge in [-0.25, -0.2) is 0 Å². The topological polar surface area (TPSA) is 58.7 Å². The highest BCUT2D eigenvalue weighted by Gasteiger charge is 2.31. The van der Waals surface area contributed by atoms with Crippen LogP contribution in [-0.2, 0) is 6.42 Å². The number of nitrogens with one attached hydrogen (secondary N) is 3. The Hall–Kier alpha value is -1.32. The molecule has 2 bridgehead atoms. The number of hydrogen-bond acceptors (Lipinski definition) is 3. The predicted molar refractivity (Wildman–Crippen MR) is 123 cm³/mol. The molecule has 1 atom stereocenters. The molecule has 2 aromatic rings. The number of benzene rings is 1. The van der Waals surface area contributed by atoms with E-state index in [9.17, 15) is 0 Å². The van der Waals surface area contributed by atoms with E-state index in [1.165, 1.54) is 42.6 Å². The molecule has 3 aliphatic heterocycles. The molecule has 0 saturated carbocycles. The highest BCUT2D eigenvalue weighted by molar-refractivity contribution is 14.0. The number of halogens is 1. The van der Waals surface area contributed by atoms with Crippen molar-refractivity contribution in [3.63, 3.8) is 0 Å². The van der Waals surface area contributed by atoms with Crippen LogP contribution in [-0.4, -0.2) is 79.1 Å². The second kappa shape index (κ2) is 9.75. The molecule has 1 unspecified atom stereocenters. The highest BCUT2D eigenvalue weighted by atomic mass is 127. The number of fused-ring (bicyclic) bond motifs is 4. The van der Waals surface area contributed by atoms with Crippen molar-refractivity contribution in [1.29, 1.82) is 0 Å². The molecule has 3 aliphatic rings. The molecule has 0 amide bonds. The standard InChI is InChI=1S/C20H30N6.HI/c1-2-21-20(24-14-17-15-25-9-11-26(17)12-10-25)22-8-7-16-13-23-19-6-4-3-5-18(16)19;/h3-6,13,17,23H,2,7-12,14-15H2,1H3,(H2,21,22,24);1H. The maximum Gasteiger partial charge on any atom is 0.191 e. The van der Waals surface area contributed by atoms with E-state index in [1.54, 1.807) is 0 Å². The van der Waals surface area contributed by atoms with Crippen LogP contribution in [0.4, 0.5) is 0 Å². The van der Waals surface area contributed by atoms with Crippen LogP contribution in [0.15, 0.2) is 35.5 Å². The zero-order valence-electron chi connectivity index (χ0n) is 16.1. The van der Waals surface area contributed by atoms with E-state index in [-0.39, 0.29) is 24.0 Å². The van der Waals surface area contributed by atoms with Crippen LogP contribution in [0.1, 0.15) is 12.5 Å². The summed E-state index contributed by atoms with van der Waals surface area (Å²) >= 11 is 0. The Bertz CT molecular complexity index is 750. The molecule has 0 radical (unpaired) electrons. The van der Waals surface area contributed by atoms with Gasteiger partial charge in [0.2, 0.25) is 0 Å². The number of H-pyrrole nitrogens is 1. The summed E-state index contributed by atoms with van der Waals surface area (Å²) < 4.78 is 0. The van der Waals surface area contributed by atoms with Gasteiger partial charge >= 0.3 is 0 Å². The Morgan fingerprint density at radius 1 is 1.19 bits per heavy atom. The summed E-state index contributed by atoms with van der Waals surface area (Å²) in [5.74, 6) is 0.935. The fourth-order valence-electron chi connectivity index (χ4n) is 4.09. The first kappa shape index (κ1) is 20.4. The van der Waals surface area contributed by atoms with Gasteiger partial charge in [-0.3, -0.25) is 14.8 Å². The van der Waals surface area contributed by atoms with Crippen molar-refractivity contribution >= 4 is 40.8 Å². The third kappa shape index (κ3) is 4.94. The van der Waals surface area contributed by atoms with Crippen molar-refractivity contribution < 1.29 is 0 Å². The SMILES string of the molecule is CCNC(=NCC1CN2CCN1CC2)NCCc1c[nH]c2ccccc12.I. The van der Waals surface area contributed by atoms with Gasteiger partial charge in [0.1, 0.15) is 0 Å². The lowest BCUT2D eigenvalue weighted by Crippen LogP contribution is -2.62. The highest BCUT2D eigenvalue weighted by Crippen LogP contribution is 2.18. The molecule has 3 fully saturated rings. The van der Waals surface area contributed by atoms with Crippen LogP contribution in [0.3, 0.4) is 0 Å². The van der Waals surface area contributed by atoms with E-state index in [0.717, 1.165) is 38.6 Å². The number of aliphatic imine (C=N–C) groups is 1. The van der Waals surface area contributed by atoms with Crippen molar-refractivity contribution in [3.8, 4) is 0 Å². The lowest BCUT2D eigenvalue weighted by atomic mass is 10.1. The van der Waals surface area contributed by atoms with Crippen LogP contribution in [0, 0.1) is 0 Å². The van der Waals surface area contributed by atoms with E-state index in [2.05, 4.69) is 62.8 Å². The van der Waals surface area contributed by atoms with Gasteiger partial charge in [0.25, 0.3) is 0 Å². The molecule has 1 aromatic carbocycles. The maximum absolute atomic E-state index is 4.86. The van der Waals surface area contributed by atoms with Crippen molar-refractivity contribution in [1.82, 2.24) is 25.4 Å². The van der Waals surface area contributed by atoms with Crippen molar-refractivity contribution in [2.45, 2.75) is 19.4 Å². The number of rotatable bonds is 6. The Morgan fingerprint density at radius 2 is 2.00 bits per heavy atom. The zero-order chi connectivity index (χ0) is 17.8. The Balaban J connectivity index is 0.00000210. The van der Waals surface area contributed by atoms with E-state index >= 15 is 0 Å². The summed E-state index contributed by atoms with van der Waals surface area (Å²) in [6, 6.07) is 9.05. The number of para-hydroxylation sites is 1. The number of hydrogen-bond donors (Lipinski definition) is 3. The van der Waals surface area contributed by atoms with E-state index in [0.29, 0.717) is 6.04 Å². The predicted octanol–water partition coefficient (Wildman–Crippen LogP) is 1.88. The third-order valence-electron chi connectivity index (χ3n) is 5.56. The van der Waals surface area contributed by atoms with Crippen LogP contribution in [0.5, 0.6) is 0 Å². The molecule has 3 saturated heterocycles. The molecule has 7 heteroatoms. The summed E-state index contributed by atoms with van der Waals surface area (Å²) in [7, 11) is 0. The van der Waals surface area contributed by atoms with Crippen LogP contribution in [0.25, 0.3) is 10.9 Å². The Labute approximate surface area is 178 Å². The van der Waals surface area contributed by atoms with Crippen LogP contribution in [0.2, 0.25) is 0 Å². The van der Waals surface area contributed by atoms with Crippen molar-refractivity contribution in [2.75, 3.05) is 52.4 Å². The Kier molecular flexibility index (Phi) is 7.37. The quantitative estimate of drug-likeness (QED) is 0.335. The molecule has 1 aromatic heterocycles. The molecular formula is C20H31IN6. The smallest absolute Gasteiger partial charge is 0.191 e. The molecule has 5 rings (SSSR count). The molecule has 27 heavy (non-hydrogen) atoms. The number of nitrogens with zero attached hydrogens (tertiary/aromatic N) is 3. The van der Waals surface area contributed by atoms with Gasteiger partial charge in [-0.15, -0.1) is 24.0 Å². The van der Waals surface area contributed by atoms with E-state index < -0.39 is 0 Å². The van der Waals surface area contributed by atoms with Gasteiger partial charge in [0.05, 0.1) is 6.54 Å². The monoisotopic (exact) mass is 482 g/mol. The lowest BCUT2D eigenvalue weighted by Gasteiger charge is -2.47. The second-order valence-corrected chi connectivity index (χ2v) is 7.25. The van der Waals surface area contributed by atoms with E-state index in [1.807, 2.05) is 0 Å². The van der Waals surface area contributed by atoms with E-state index in [4.69, 9.17) is 4.99 Å². The van der Waals surface area contributed by atoms with Crippen molar-refractivity contribution in [3.05, 3.63) is 36.0 Å². The summed E-state index contributed by atoms with van der Waals surface area (Å²) in [5.41, 5.74) is 2.56. The number of aromatic nitrogens is 1. The third-order valence-corrected chi connectivity index (χ3v) is 5.56. The zero-order valence-corrected chi connectivity index (χ0v) is 18.4. The molecular weight excluding hydrogens is 451 g/mol. The number of aromatic amines is 1. The Morgan fingerprint density at radius 3 is 2.74 bits per heavy atom. The first-order chi connectivity index (χ1) is 12.8. The largest absolute Gasteiger partial charge is 0.361 e. The maximum atomic E-state index is 4.86. The average Bonchev–Trinajstić information content (AvgIpc) is 3.10. The fraction of sp³-hybridized carbons (Fsp3) is 0.550. The minimum atomic E-state index is 0. The molecule has 148 valence electrons. The number of piperazine rings is 3. The normalized spacial score (nSPS) is 24.6. The van der Waals surface area contributed by atoms with Gasteiger partial charge in [0.15, 0.2) is 5.96 Å². The summed E-state index contributed by atoms with van der Waals surface area (Å²) in [5, 5.41) is 8.20. The second-order valence-electron chi connectivity index (χ2n) is 7.25. The van der Waals surface area contributed by atoms with Crippen LogP contribution < -0.4 is 10.6 Å². The molecule has 0 spiro atoms. The van der Waals surface area contributed by atoms with Crippen LogP contribution >= 0.6 is 24.0 Å². The first-order valence-electron chi connectivity index (χ1n) is 9.87. The first-order valence-corrected chi connectivity index (χ1v) is 9.87. The van der Waals surface area contributed by atoms with Gasteiger partial charge in [-0.05, 0) is 25.0 Å². The summed E-state index contributed by atoms with van der Waals surface area (Å²) in [4.78, 5) is 13.4. The minimum absolute atomic E-state index is 0. The molecule has 3 N–H and O–H groups in total. The molecule has 0 aliphatic carbocycles. The van der Waals surface area contributed by atoms with Gasteiger partial charge < -0.3 is 15.6 Å². The average molecular weight is 482 g/mol. The summed E-state index contributed by atoms with van der Waals surface area (Å²) in [6.07, 6.45) is 3.11. The van der Waals surface area contributed by atoms with Gasteiger partial charge in [-0.2, -0.15) is 0 Å². The summed E-state index contributed by atoms with van der Waals surface area (Å²) in [6.45, 7) is 10.8. The fourth-order valence-corrected chi connectivity index (χ4v) is 4.09. The lowest BCUT2D eigenvalue weighted by molar-refractivity contribution is 0.0174. The minimum Gasteiger partial charge on any atom is -0.361 e. The molecule has 4 heterocycles. The van der Waals surface area contributed by atoms with Gasteiger partial charge in [-0.1, -0.05) is 18.2 Å². The van der Waals surface area contributed by atoms with Gasteiger partial charge in [0, 0.05) is 69.0 Å². The number of guanidine groups is 1. The van der Waals surface area contributed by atoms with Crippen molar-refractivity contribution in [2.24, 2.45) is 4.99 Å². The molecule has 6 nitrogen and oxygen atoms in total.